The highest BCUT2D eigenvalue weighted by atomic mass is 19.4. The molecular formula is C47H28F6N4. The van der Waals surface area contributed by atoms with E-state index in [2.05, 4.69) is 6.07 Å². The summed E-state index contributed by atoms with van der Waals surface area (Å²) >= 11 is 0. The Balaban J connectivity index is 1.36. The van der Waals surface area contributed by atoms with Crippen molar-refractivity contribution in [3.05, 3.63) is 181 Å². The van der Waals surface area contributed by atoms with Crippen molar-refractivity contribution in [3.63, 3.8) is 0 Å². The smallest absolute Gasteiger partial charge is 0.309 e. The lowest BCUT2D eigenvalue weighted by molar-refractivity contribution is -0.142. The fraction of sp³-hybridized carbons (Fsp3) is 0.0426. The number of nitrogens with zero attached hydrogens (tertiary/aromatic N) is 4. The van der Waals surface area contributed by atoms with Crippen LogP contribution in [0.2, 0.25) is 0 Å². The number of alkyl halides is 6. The molecule has 0 spiro atoms. The lowest BCUT2D eigenvalue weighted by Crippen LogP contribution is -2.12. The quantitative estimate of drug-likeness (QED) is 0.158. The molecule has 2 heterocycles. The van der Waals surface area contributed by atoms with Gasteiger partial charge in [0.25, 0.3) is 0 Å². The summed E-state index contributed by atoms with van der Waals surface area (Å²) in [6, 6.07) is 48.6. The van der Waals surface area contributed by atoms with Crippen molar-refractivity contribution in [1.82, 2.24) is 19.5 Å². The Morgan fingerprint density at radius 3 is 1.53 bits per heavy atom. The molecule has 0 aliphatic carbocycles. The second-order valence-electron chi connectivity index (χ2n) is 13.5. The molecule has 7 aromatic carbocycles. The second-order valence-corrected chi connectivity index (χ2v) is 13.5. The zero-order chi connectivity index (χ0) is 39.3. The summed E-state index contributed by atoms with van der Waals surface area (Å²) in [7, 11) is 0. The molecule has 0 bridgehead atoms. The number of aromatic nitrogens is 4. The number of halogens is 6. The minimum Gasteiger partial charge on any atom is -0.309 e. The van der Waals surface area contributed by atoms with Gasteiger partial charge in [-0.15, -0.1) is 0 Å². The summed E-state index contributed by atoms with van der Waals surface area (Å²) < 4.78 is 88.1. The summed E-state index contributed by atoms with van der Waals surface area (Å²) in [5.41, 5.74) is 2.36. The Kier molecular flexibility index (Phi) is 8.69. The van der Waals surface area contributed by atoms with E-state index >= 15 is 0 Å². The van der Waals surface area contributed by atoms with Gasteiger partial charge in [0.2, 0.25) is 0 Å². The van der Waals surface area contributed by atoms with Gasteiger partial charge < -0.3 is 4.57 Å². The van der Waals surface area contributed by atoms with Crippen molar-refractivity contribution in [1.29, 1.82) is 0 Å². The Morgan fingerprint density at radius 1 is 0.368 bits per heavy atom. The molecule has 10 heteroatoms. The van der Waals surface area contributed by atoms with Gasteiger partial charge in [-0.2, -0.15) is 26.3 Å². The van der Waals surface area contributed by atoms with Gasteiger partial charge in [-0.25, -0.2) is 15.0 Å². The highest BCUT2D eigenvalue weighted by Gasteiger charge is 2.39. The van der Waals surface area contributed by atoms with Crippen LogP contribution >= 0.6 is 0 Å². The molecule has 0 N–H and O–H groups in total. The predicted molar refractivity (Wildman–Crippen MR) is 211 cm³/mol. The van der Waals surface area contributed by atoms with Gasteiger partial charge >= 0.3 is 12.4 Å². The van der Waals surface area contributed by atoms with Crippen LogP contribution in [0.15, 0.2) is 170 Å². The third kappa shape index (κ3) is 6.69. The van der Waals surface area contributed by atoms with E-state index in [1.807, 2.05) is 132 Å². The van der Waals surface area contributed by atoms with Crippen LogP contribution in [-0.2, 0) is 12.4 Å². The summed E-state index contributed by atoms with van der Waals surface area (Å²) in [4.78, 5) is 14.4. The average Bonchev–Trinajstić information content (AvgIpc) is 3.57. The van der Waals surface area contributed by atoms with E-state index in [1.165, 1.54) is 6.07 Å². The molecule has 9 rings (SSSR count). The topological polar surface area (TPSA) is 43.6 Å². The molecule has 2 aromatic heterocycles. The molecule has 0 saturated heterocycles. The van der Waals surface area contributed by atoms with Crippen LogP contribution in [0.4, 0.5) is 26.3 Å². The fourth-order valence-electron chi connectivity index (χ4n) is 7.27. The van der Waals surface area contributed by atoms with Crippen molar-refractivity contribution in [2.24, 2.45) is 0 Å². The van der Waals surface area contributed by atoms with Gasteiger partial charge in [-0.1, -0.05) is 133 Å². The fourth-order valence-corrected chi connectivity index (χ4v) is 7.27. The zero-order valence-electron chi connectivity index (χ0n) is 29.7. The highest BCUT2D eigenvalue weighted by molar-refractivity contribution is 6.10. The summed E-state index contributed by atoms with van der Waals surface area (Å²) in [5, 5.41) is 1.91. The first kappa shape index (κ1) is 35.6. The average molecular weight is 763 g/mol. The molecule has 278 valence electrons. The van der Waals surface area contributed by atoms with Gasteiger partial charge in [-0.3, -0.25) is 0 Å². The number of benzene rings is 7. The number of para-hydroxylation sites is 1. The minimum atomic E-state index is -5.13. The first-order valence-corrected chi connectivity index (χ1v) is 17.9. The Bertz CT molecular complexity index is 2860. The molecule has 0 radical (unpaired) electrons. The van der Waals surface area contributed by atoms with Crippen LogP contribution in [0.1, 0.15) is 11.1 Å². The highest BCUT2D eigenvalue weighted by Crippen LogP contribution is 2.45. The Morgan fingerprint density at radius 2 is 0.912 bits per heavy atom. The largest absolute Gasteiger partial charge is 0.417 e. The van der Waals surface area contributed by atoms with Crippen molar-refractivity contribution >= 4 is 21.8 Å². The lowest BCUT2D eigenvalue weighted by Gasteiger charge is -2.19. The minimum absolute atomic E-state index is 0.00485. The summed E-state index contributed by atoms with van der Waals surface area (Å²) in [6.45, 7) is 0. The van der Waals surface area contributed by atoms with Crippen LogP contribution < -0.4 is 0 Å². The molecule has 0 unspecified atom stereocenters. The van der Waals surface area contributed by atoms with E-state index in [0.717, 1.165) is 39.0 Å². The van der Waals surface area contributed by atoms with E-state index in [0.29, 0.717) is 22.9 Å². The van der Waals surface area contributed by atoms with Gasteiger partial charge in [0, 0.05) is 33.2 Å². The summed E-state index contributed by atoms with van der Waals surface area (Å²) in [5.74, 6) is 0.575. The normalized spacial score (nSPS) is 12.0. The van der Waals surface area contributed by atoms with Gasteiger partial charge in [0.15, 0.2) is 17.5 Å². The maximum absolute atomic E-state index is 14.8. The predicted octanol–water partition coefficient (Wildman–Crippen LogP) is 13.3. The van der Waals surface area contributed by atoms with Gasteiger partial charge in [-0.05, 0) is 58.7 Å². The third-order valence-corrected chi connectivity index (χ3v) is 9.92. The molecular weight excluding hydrogens is 735 g/mol. The molecule has 0 fully saturated rings. The number of rotatable bonds is 6. The van der Waals surface area contributed by atoms with Crippen molar-refractivity contribution in [2.45, 2.75) is 12.4 Å². The van der Waals surface area contributed by atoms with Crippen molar-refractivity contribution in [2.75, 3.05) is 0 Å². The SMILES string of the molecule is FC(F)(F)c1ccc(-c2ccc(-n3c4ccccc4c4ccc(-c5ccccc5)cc43)cc2-c2nc(-c3ccccc3)nc(-c3ccccc3)n2)c(C(F)(F)F)c1. The van der Waals surface area contributed by atoms with Crippen LogP contribution in [-0.4, -0.2) is 19.5 Å². The van der Waals surface area contributed by atoms with Crippen LogP contribution in [0.25, 0.3) is 83.9 Å². The molecule has 0 atom stereocenters. The zero-order valence-corrected chi connectivity index (χ0v) is 29.7. The van der Waals surface area contributed by atoms with Crippen LogP contribution in [0.5, 0.6) is 0 Å². The first-order valence-electron chi connectivity index (χ1n) is 17.9. The number of hydrogen-bond donors (Lipinski definition) is 0. The Hall–Kier alpha value is -7.07. The third-order valence-electron chi connectivity index (χ3n) is 9.92. The first-order chi connectivity index (χ1) is 27.5. The number of fused-ring (bicyclic) bond motifs is 3. The van der Waals surface area contributed by atoms with E-state index in [9.17, 15) is 26.3 Å². The molecule has 0 amide bonds. The molecule has 0 saturated carbocycles. The lowest BCUT2D eigenvalue weighted by atomic mass is 9.92. The maximum Gasteiger partial charge on any atom is 0.417 e. The van der Waals surface area contributed by atoms with E-state index in [-0.39, 0.29) is 34.7 Å². The van der Waals surface area contributed by atoms with Gasteiger partial charge in [0.05, 0.1) is 22.2 Å². The summed E-state index contributed by atoms with van der Waals surface area (Å²) in [6.07, 6.45) is -10.1. The monoisotopic (exact) mass is 762 g/mol. The molecule has 0 aliphatic heterocycles. The molecule has 9 aromatic rings. The van der Waals surface area contributed by atoms with E-state index in [1.54, 1.807) is 12.1 Å². The molecule has 0 aliphatic rings. The standard InChI is InChI=1S/C47H28F6N4/c48-46(49,50)33-21-24-36(40(27-33)47(51,52)53)35-25-22-34(57-41-19-11-10-18-37(41)38-23-20-32(26-42(38)57)29-12-4-1-5-13-29)28-39(35)45-55-43(30-14-6-2-7-15-30)54-44(56-45)31-16-8-3-9-17-31/h1-28H. The van der Waals surface area contributed by atoms with Crippen LogP contribution in [0, 0.1) is 0 Å². The number of hydrogen-bond acceptors (Lipinski definition) is 3. The maximum atomic E-state index is 14.8. The van der Waals surface area contributed by atoms with E-state index in [4.69, 9.17) is 15.0 Å². The second kappa shape index (κ2) is 13.9. The molecule has 57 heavy (non-hydrogen) atoms. The van der Waals surface area contributed by atoms with Crippen molar-refractivity contribution < 1.29 is 26.3 Å². The molecule has 4 nitrogen and oxygen atoms in total. The van der Waals surface area contributed by atoms with E-state index < -0.39 is 29.0 Å². The van der Waals surface area contributed by atoms with Crippen LogP contribution in [0.3, 0.4) is 0 Å². The van der Waals surface area contributed by atoms with Gasteiger partial charge in [0.1, 0.15) is 0 Å². The van der Waals surface area contributed by atoms with Crippen molar-refractivity contribution in [3.8, 4) is 62.1 Å². The Labute approximate surface area is 322 Å².